The lowest BCUT2D eigenvalue weighted by Gasteiger charge is -2.22. The van der Waals surface area contributed by atoms with Crippen molar-refractivity contribution in [1.29, 1.82) is 0 Å². The van der Waals surface area contributed by atoms with E-state index in [-0.39, 0.29) is 11.8 Å². The molecule has 2 N–H and O–H groups in total. The van der Waals surface area contributed by atoms with Crippen LogP contribution >= 0.6 is 11.6 Å². The van der Waals surface area contributed by atoms with Crippen LogP contribution in [-0.4, -0.2) is 36.1 Å². The summed E-state index contributed by atoms with van der Waals surface area (Å²) in [7, 11) is 0. The first-order valence-electron chi connectivity index (χ1n) is 8.47. The smallest absolute Gasteiger partial charge is 0.325 e. The Bertz CT molecular complexity index is 981. The maximum atomic E-state index is 12.8. The first kappa shape index (κ1) is 18.1. The first-order valence-corrected chi connectivity index (χ1v) is 8.85. The van der Waals surface area contributed by atoms with Crippen molar-refractivity contribution >= 4 is 35.1 Å². The molecule has 2 aromatic rings. The standard InChI is InChI=1S/C19H16ClN3O5/c1-19(11-5-3-2-4-6-11)17(25)23(18(26)22-19)9-16(24)21-13-8-15-14(7-12(13)20)27-10-28-15/h2-8H,9-10H2,1H3,(H,21,24)(H,22,26). The number of nitrogens with one attached hydrogen (secondary N) is 2. The SMILES string of the molecule is CC1(c2ccccc2)NC(=O)N(CC(=O)Nc2cc3c(cc2Cl)OCO3)C1=O. The van der Waals surface area contributed by atoms with E-state index in [2.05, 4.69) is 10.6 Å². The zero-order valence-electron chi connectivity index (χ0n) is 14.8. The van der Waals surface area contributed by atoms with Crippen LogP contribution in [0.3, 0.4) is 0 Å². The summed E-state index contributed by atoms with van der Waals surface area (Å²) in [6.07, 6.45) is 0. The van der Waals surface area contributed by atoms with Crippen molar-refractivity contribution in [2.45, 2.75) is 12.5 Å². The number of carbonyl (C=O) groups is 3. The number of ether oxygens (including phenoxy) is 2. The summed E-state index contributed by atoms with van der Waals surface area (Å²) in [5.74, 6) is -0.140. The number of benzene rings is 2. The van der Waals surface area contributed by atoms with Crippen LogP contribution in [0.1, 0.15) is 12.5 Å². The van der Waals surface area contributed by atoms with Gasteiger partial charge in [-0.05, 0) is 12.5 Å². The Hall–Kier alpha value is -3.26. The van der Waals surface area contributed by atoms with Gasteiger partial charge in [-0.25, -0.2) is 4.79 Å². The number of amides is 4. The molecule has 2 aliphatic rings. The van der Waals surface area contributed by atoms with Crippen LogP contribution in [0.25, 0.3) is 0 Å². The van der Waals surface area contributed by atoms with Gasteiger partial charge >= 0.3 is 6.03 Å². The van der Waals surface area contributed by atoms with Crippen molar-refractivity contribution in [2.75, 3.05) is 18.7 Å². The van der Waals surface area contributed by atoms with E-state index in [0.29, 0.717) is 22.7 Å². The second-order valence-corrected chi connectivity index (χ2v) is 6.95. The van der Waals surface area contributed by atoms with Crippen LogP contribution in [0, 0.1) is 0 Å². The third-order valence-corrected chi connectivity index (χ3v) is 4.98. The summed E-state index contributed by atoms with van der Waals surface area (Å²) in [5, 5.41) is 5.50. The average Bonchev–Trinajstić information content (AvgIpc) is 3.21. The molecular weight excluding hydrogens is 386 g/mol. The van der Waals surface area contributed by atoms with Crippen LogP contribution in [0.5, 0.6) is 11.5 Å². The van der Waals surface area contributed by atoms with Gasteiger partial charge in [0.05, 0.1) is 10.7 Å². The van der Waals surface area contributed by atoms with Crippen LogP contribution in [0.15, 0.2) is 42.5 Å². The number of carbonyl (C=O) groups excluding carboxylic acids is 3. The van der Waals surface area contributed by atoms with E-state index in [0.717, 1.165) is 4.90 Å². The molecule has 0 saturated carbocycles. The van der Waals surface area contributed by atoms with Gasteiger partial charge in [-0.15, -0.1) is 0 Å². The van der Waals surface area contributed by atoms with Crippen molar-refractivity contribution < 1.29 is 23.9 Å². The van der Waals surface area contributed by atoms with Crippen LogP contribution < -0.4 is 20.1 Å². The summed E-state index contributed by atoms with van der Waals surface area (Å²) in [6.45, 7) is 1.23. The molecule has 1 atom stereocenters. The number of anilines is 1. The number of halogens is 1. The molecule has 1 fully saturated rings. The number of hydrogen-bond donors (Lipinski definition) is 2. The minimum absolute atomic E-state index is 0.0730. The molecule has 2 aromatic carbocycles. The molecule has 28 heavy (non-hydrogen) atoms. The zero-order valence-corrected chi connectivity index (χ0v) is 15.6. The number of hydrogen-bond acceptors (Lipinski definition) is 5. The van der Waals surface area contributed by atoms with E-state index in [4.69, 9.17) is 21.1 Å². The summed E-state index contributed by atoms with van der Waals surface area (Å²) in [4.78, 5) is 38.5. The van der Waals surface area contributed by atoms with Crippen molar-refractivity contribution in [1.82, 2.24) is 10.2 Å². The van der Waals surface area contributed by atoms with Gasteiger partial charge in [0.25, 0.3) is 5.91 Å². The maximum absolute atomic E-state index is 12.8. The molecule has 0 bridgehead atoms. The molecule has 4 amide bonds. The van der Waals surface area contributed by atoms with Gasteiger partial charge in [-0.1, -0.05) is 41.9 Å². The molecule has 8 nitrogen and oxygen atoms in total. The molecule has 144 valence electrons. The topological polar surface area (TPSA) is 97.0 Å². The summed E-state index contributed by atoms with van der Waals surface area (Å²) < 4.78 is 10.5. The highest BCUT2D eigenvalue weighted by Crippen LogP contribution is 2.39. The van der Waals surface area contributed by atoms with E-state index in [1.807, 2.05) is 6.07 Å². The number of rotatable bonds is 4. The van der Waals surface area contributed by atoms with E-state index in [1.165, 1.54) is 12.1 Å². The molecule has 0 radical (unpaired) electrons. The normalized spacial score (nSPS) is 20.3. The van der Waals surface area contributed by atoms with Crippen LogP contribution in [0.4, 0.5) is 10.5 Å². The highest BCUT2D eigenvalue weighted by molar-refractivity contribution is 6.34. The van der Waals surface area contributed by atoms with Gasteiger partial charge in [0.1, 0.15) is 12.1 Å². The number of fused-ring (bicyclic) bond motifs is 1. The van der Waals surface area contributed by atoms with Gasteiger partial charge < -0.3 is 20.1 Å². The van der Waals surface area contributed by atoms with Gasteiger partial charge in [0.15, 0.2) is 11.5 Å². The number of urea groups is 1. The Morgan fingerprint density at radius 3 is 2.61 bits per heavy atom. The predicted octanol–water partition coefficient (Wildman–Crippen LogP) is 2.47. The highest BCUT2D eigenvalue weighted by Gasteiger charge is 2.49. The molecule has 0 aliphatic carbocycles. The van der Waals surface area contributed by atoms with Crippen molar-refractivity contribution in [3.05, 3.63) is 53.1 Å². The quantitative estimate of drug-likeness (QED) is 0.767. The molecule has 1 saturated heterocycles. The number of imide groups is 1. The predicted molar refractivity (Wildman–Crippen MR) is 100 cm³/mol. The largest absolute Gasteiger partial charge is 0.454 e. The Kier molecular flexibility index (Phi) is 4.35. The Morgan fingerprint density at radius 2 is 1.89 bits per heavy atom. The van der Waals surface area contributed by atoms with E-state index in [9.17, 15) is 14.4 Å². The summed E-state index contributed by atoms with van der Waals surface area (Å²) in [5.41, 5.74) is -0.293. The van der Waals surface area contributed by atoms with Gasteiger partial charge in [-0.2, -0.15) is 0 Å². The first-order chi connectivity index (χ1) is 13.4. The fourth-order valence-electron chi connectivity index (χ4n) is 3.15. The van der Waals surface area contributed by atoms with E-state index in [1.54, 1.807) is 31.2 Å². The van der Waals surface area contributed by atoms with E-state index >= 15 is 0 Å². The Balaban J connectivity index is 1.49. The van der Waals surface area contributed by atoms with Crippen molar-refractivity contribution in [3.8, 4) is 11.5 Å². The third kappa shape index (κ3) is 3.01. The molecule has 4 rings (SSSR count). The van der Waals surface area contributed by atoms with E-state index < -0.39 is 29.9 Å². The second-order valence-electron chi connectivity index (χ2n) is 6.55. The molecule has 9 heteroatoms. The zero-order chi connectivity index (χ0) is 19.9. The summed E-state index contributed by atoms with van der Waals surface area (Å²) in [6, 6.07) is 11.3. The van der Waals surface area contributed by atoms with Crippen molar-refractivity contribution in [3.63, 3.8) is 0 Å². The average molecular weight is 402 g/mol. The lowest BCUT2D eigenvalue weighted by Crippen LogP contribution is -2.42. The Morgan fingerprint density at radius 1 is 1.21 bits per heavy atom. The molecular formula is C19H16ClN3O5. The van der Waals surface area contributed by atoms with Gasteiger partial charge in [0.2, 0.25) is 12.7 Å². The minimum Gasteiger partial charge on any atom is -0.454 e. The third-order valence-electron chi connectivity index (χ3n) is 4.66. The Labute approximate surface area is 165 Å². The monoisotopic (exact) mass is 401 g/mol. The second kappa shape index (κ2) is 6.72. The molecule has 2 aliphatic heterocycles. The highest BCUT2D eigenvalue weighted by atomic mass is 35.5. The van der Waals surface area contributed by atoms with Gasteiger partial charge in [0, 0.05) is 12.1 Å². The molecule has 1 unspecified atom stereocenters. The van der Waals surface area contributed by atoms with Gasteiger partial charge in [-0.3, -0.25) is 14.5 Å². The van der Waals surface area contributed by atoms with Crippen LogP contribution in [0.2, 0.25) is 5.02 Å². The van der Waals surface area contributed by atoms with Crippen LogP contribution in [-0.2, 0) is 15.1 Å². The van der Waals surface area contributed by atoms with Crippen molar-refractivity contribution in [2.24, 2.45) is 0 Å². The molecule has 2 heterocycles. The fraction of sp³-hybridized carbons (Fsp3) is 0.211. The fourth-order valence-corrected chi connectivity index (χ4v) is 3.35. The summed E-state index contributed by atoms with van der Waals surface area (Å²) >= 11 is 6.14. The maximum Gasteiger partial charge on any atom is 0.325 e. The lowest BCUT2D eigenvalue weighted by atomic mass is 9.92. The molecule has 0 aromatic heterocycles. The number of nitrogens with zero attached hydrogens (tertiary/aromatic N) is 1. The molecule has 0 spiro atoms. The lowest BCUT2D eigenvalue weighted by molar-refractivity contribution is -0.133. The minimum atomic E-state index is -1.23.